The Kier molecular flexibility index (Phi) is 9.07. The summed E-state index contributed by atoms with van der Waals surface area (Å²) in [6, 6.07) is 16.3. The van der Waals surface area contributed by atoms with Gasteiger partial charge in [0.15, 0.2) is 0 Å². The van der Waals surface area contributed by atoms with E-state index in [1.54, 1.807) is 0 Å². The number of aliphatic hydroxyl groups excluding tert-OH is 1. The van der Waals surface area contributed by atoms with E-state index in [1.165, 1.54) is 0 Å². The number of nitrogens with zero attached hydrogens (tertiary/aromatic N) is 1. The third-order valence-electron chi connectivity index (χ3n) is 5.64. The Bertz CT molecular complexity index is 774. The van der Waals surface area contributed by atoms with Gasteiger partial charge in [0.1, 0.15) is 0 Å². The number of hydrogen-bond donors (Lipinski definition) is 2. The molecule has 2 aromatic rings. The smallest absolute Gasteiger partial charge is 0.238 e. The third-order valence-corrected chi connectivity index (χ3v) is 5.64. The summed E-state index contributed by atoms with van der Waals surface area (Å²) in [7, 11) is 0. The lowest BCUT2D eigenvalue weighted by Gasteiger charge is -2.33. The first-order chi connectivity index (χ1) is 14.2. The van der Waals surface area contributed by atoms with Crippen LogP contribution in [-0.4, -0.2) is 35.1 Å². The molecule has 0 aliphatic rings. The van der Waals surface area contributed by atoms with Crippen LogP contribution in [0.25, 0.3) is 0 Å². The van der Waals surface area contributed by atoms with Crippen molar-refractivity contribution in [3.63, 3.8) is 0 Å². The van der Waals surface area contributed by atoms with E-state index in [4.69, 9.17) is 0 Å². The molecular formula is C26H38N2O2. The van der Waals surface area contributed by atoms with E-state index >= 15 is 0 Å². The number of rotatable bonds is 10. The number of para-hydroxylation sites is 1. The van der Waals surface area contributed by atoms with Gasteiger partial charge in [-0.15, -0.1) is 0 Å². The first-order valence-electron chi connectivity index (χ1n) is 11.1. The molecule has 2 aromatic carbocycles. The number of benzene rings is 2. The van der Waals surface area contributed by atoms with Gasteiger partial charge in [-0.3, -0.25) is 9.69 Å². The first kappa shape index (κ1) is 24.1. The van der Waals surface area contributed by atoms with Crippen molar-refractivity contribution in [2.24, 2.45) is 5.92 Å². The molecule has 0 saturated heterocycles. The fraction of sp³-hybridized carbons (Fsp3) is 0.500. The van der Waals surface area contributed by atoms with Gasteiger partial charge in [0.25, 0.3) is 0 Å². The standard InChI is InChI=1S/C26H38N2O2/c1-18(2)22-13-10-14-23(19(3)4)26(22)27-25(30)16-28(24(17-29)20(5)6)15-21-11-8-7-9-12-21/h7-14,18-20,24,29H,15-17H2,1-6H3,(H,27,30). The summed E-state index contributed by atoms with van der Waals surface area (Å²) < 4.78 is 0. The number of nitrogens with one attached hydrogen (secondary N) is 1. The fourth-order valence-electron chi connectivity index (χ4n) is 3.92. The number of carbonyl (C=O) groups excluding carboxylic acids is 1. The molecule has 0 fully saturated rings. The summed E-state index contributed by atoms with van der Waals surface area (Å²) in [5, 5.41) is 13.2. The molecule has 0 spiro atoms. The Morgan fingerprint density at radius 1 is 0.900 bits per heavy atom. The minimum absolute atomic E-state index is 0.0254. The molecule has 0 aliphatic heterocycles. The van der Waals surface area contributed by atoms with Crippen molar-refractivity contribution in [2.45, 2.75) is 66.0 Å². The molecule has 0 heterocycles. The molecule has 1 atom stereocenters. The Morgan fingerprint density at radius 2 is 1.47 bits per heavy atom. The number of carbonyl (C=O) groups is 1. The van der Waals surface area contributed by atoms with Crippen molar-refractivity contribution in [2.75, 3.05) is 18.5 Å². The SMILES string of the molecule is CC(C)c1cccc(C(C)C)c1NC(=O)CN(Cc1ccccc1)C(CO)C(C)C. The molecule has 0 aliphatic carbocycles. The molecule has 2 rings (SSSR count). The van der Waals surface area contributed by atoms with Gasteiger partial charge < -0.3 is 10.4 Å². The molecule has 2 N–H and O–H groups in total. The molecule has 0 aromatic heterocycles. The molecule has 4 heteroatoms. The average molecular weight is 411 g/mol. The van der Waals surface area contributed by atoms with Gasteiger partial charge in [-0.2, -0.15) is 0 Å². The van der Waals surface area contributed by atoms with Crippen molar-refractivity contribution < 1.29 is 9.90 Å². The van der Waals surface area contributed by atoms with E-state index < -0.39 is 0 Å². The van der Waals surface area contributed by atoms with Gasteiger partial charge in [0, 0.05) is 18.3 Å². The van der Waals surface area contributed by atoms with E-state index in [-0.39, 0.29) is 31.0 Å². The summed E-state index contributed by atoms with van der Waals surface area (Å²) in [6.45, 7) is 13.7. The predicted octanol–water partition coefficient (Wildman–Crippen LogP) is 5.39. The lowest BCUT2D eigenvalue weighted by molar-refractivity contribution is -0.118. The monoisotopic (exact) mass is 410 g/mol. The highest BCUT2D eigenvalue weighted by Gasteiger charge is 2.25. The molecule has 164 valence electrons. The predicted molar refractivity (Wildman–Crippen MR) is 126 cm³/mol. The van der Waals surface area contributed by atoms with E-state index in [1.807, 2.05) is 18.2 Å². The number of anilines is 1. The van der Waals surface area contributed by atoms with Crippen molar-refractivity contribution in [3.8, 4) is 0 Å². The van der Waals surface area contributed by atoms with Crippen LogP contribution in [0.1, 0.15) is 70.1 Å². The second-order valence-corrected chi connectivity index (χ2v) is 9.05. The van der Waals surface area contributed by atoms with Crippen molar-refractivity contribution in [1.82, 2.24) is 4.90 Å². The highest BCUT2D eigenvalue weighted by Crippen LogP contribution is 2.32. The lowest BCUT2D eigenvalue weighted by Crippen LogP contribution is -2.45. The summed E-state index contributed by atoms with van der Waals surface area (Å²) in [4.78, 5) is 15.3. The molecule has 1 amide bonds. The van der Waals surface area contributed by atoms with Crippen LogP contribution in [0.3, 0.4) is 0 Å². The number of hydrogen-bond acceptors (Lipinski definition) is 3. The van der Waals surface area contributed by atoms with Crippen LogP contribution in [-0.2, 0) is 11.3 Å². The number of aliphatic hydroxyl groups is 1. The summed E-state index contributed by atoms with van der Waals surface area (Å²) in [6.07, 6.45) is 0. The van der Waals surface area contributed by atoms with Crippen LogP contribution < -0.4 is 5.32 Å². The van der Waals surface area contributed by atoms with Gasteiger partial charge in [-0.1, -0.05) is 90.1 Å². The fourth-order valence-corrected chi connectivity index (χ4v) is 3.92. The molecule has 1 unspecified atom stereocenters. The van der Waals surface area contributed by atoms with Crippen LogP contribution in [0.2, 0.25) is 0 Å². The maximum Gasteiger partial charge on any atom is 0.238 e. The van der Waals surface area contributed by atoms with E-state index in [0.29, 0.717) is 18.4 Å². The van der Waals surface area contributed by atoms with Gasteiger partial charge in [0.2, 0.25) is 5.91 Å². The van der Waals surface area contributed by atoms with Crippen molar-refractivity contribution >= 4 is 11.6 Å². The zero-order valence-corrected chi connectivity index (χ0v) is 19.4. The van der Waals surface area contributed by atoms with Crippen LogP contribution >= 0.6 is 0 Å². The maximum absolute atomic E-state index is 13.2. The molecule has 0 radical (unpaired) electrons. The zero-order chi connectivity index (χ0) is 22.3. The molecule has 4 nitrogen and oxygen atoms in total. The largest absolute Gasteiger partial charge is 0.395 e. The van der Waals surface area contributed by atoms with E-state index in [2.05, 4.69) is 82.1 Å². The molecule has 30 heavy (non-hydrogen) atoms. The van der Waals surface area contributed by atoms with Crippen LogP contribution in [0.5, 0.6) is 0 Å². The van der Waals surface area contributed by atoms with Crippen LogP contribution in [0, 0.1) is 5.92 Å². The normalized spacial score (nSPS) is 12.8. The Morgan fingerprint density at radius 3 is 1.93 bits per heavy atom. The van der Waals surface area contributed by atoms with Crippen molar-refractivity contribution in [3.05, 3.63) is 65.2 Å². The Labute approximate surface area is 182 Å². The summed E-state index contributed by atoms with van der Waals surface area (Å²) in [5.74, 6) is 0.835. The second kappa shape index (κ2) is 11.3. The van der Waals surface area contributed by atoms with Gasteiger partial charge >= 0.3 is 0 Å². The van der Waals surface area contributed by atoms with E-state index in [0.717, 1.165) is 22.4 Å². The van der Waals surface area contributed by atoms with Crippen LogP contribution in [0.15, 0.2) is 48.5 Å². The number of amides is 1. The zero-order valence-electron chi connectivity index (χ0n) is 19.4. The second-order valence-electron chi connectivity index (χ2n) is 9.05. The highest BCUT2D eigenvalue weighted by atomic mass is 16.3. The summed E-state index contributed by atoms with van der Waals surface area (Å²) in [5.41, 5.74) is 4.39. The first-order valence-corrected chi connectivity index (χ1v) is 11.1. The molecule has 0 bridgehead atoms. The van der Waals surface area contributed by atoms with Crippen LogP contribution in [0.4, 0.5) is 5.69 Å². The van der Waals surface area contributed by atoms with Gasteiger partial charge in [-0.05, 0) is 34.4 Å². The van der Waals surface area contributed by atoms with Gasteiger partial charge in [-0.25, -0.2) is 0 Å². The molecule has 0 saturated carbocycles. The minimum Gasteiger partial charge on any atom is -0.395 e. The minimum atomic E-state index is -0.0825. The Balaban J connectivity index is 2.28. The third kappa shape index (κ3) is 6.41. The van der Waals surface area contributed by atoms with Crippen molar-refractivity contribution in [1.29, 1.82) is 0 Å². The molecular weight excluding hydrogens is 372 g/mol. The lowest BCUT2D eigenvalue weighted by atomic mass is 9.92. The summed E-state index contributed by atoms with van der Waals surface area (Å²) >= 11 is 0. The maximum atomic E-state index is 13.2. The topological polar surface area (TPSA) is 52.6 Å². The Hall–Kier alpha value is -2.17. The average Bonchev–Trinajstić information content (AvgIpc) is 2.68. The van der Waals surface area contributed by atoms with Gasteiger partial charge in [0.05, 0.1) is 13.2 Å². The van der Waals surface area contributed by atoms with E-state index in [9.17, 15) is 9.90 Å². The highest BCUT2D eigenvalue weighted by molar-refractivity contribution is 5.94. The quantitative estimate of drug-likeness (QED) is 0.552.